The number of anilines is 1. The fourth-order valence-corrected chi connectivity index (χ4v) is 5.87. The van der Waals surface area contributed by atoms with Crippen molar-refractivity contribution < 1.29 is 14.3 Å². The number of carbonyl (C=O) groups excluding carboxylic acids is 2. The molecular weight excluding hydrogens is 490 g/mol. The Morgan fingerprint density at radius 3 is 2.49 bits per heavy atom. The molecule has 37 heavy (non-hydrogen) atoms. The topological polar surface area (TPSA) is 80.0 Å². The summed E-state index contributed by atoms with van der Waals surface area (Å²) in [5.41, 5.74) is 2.09. The fourth-order valence-electron chi connectivity index (χ4n) is 5.69. The average molecular weight is 524 g/mol. The van der Waals surface area contributed by atoms with Gasteiger partial charge in [0.25, 0.3) is 5.91 Å². The summed E-state index contributed by atoms with van der Waals surface area (Å²) in [6.07, 6.45) is 0.441. The number of fused-ring (bicyclic) bond motifs is 2. The van der Waals surface area contributed by atoms with Crippen LogP contribution in [-0.4, -0.2) is 57.6 Å². The largest absolute Gasteiger partial charge is 0.466 e. The summed E-state index contributed by atoms with van der Waals surface area (Å²) < 4.78 is 6.83. The van der Waals surface area contributed by atoms with Gasteiger partial charge in [-0.05, 0) is 43.1 Å². The standard InChI is InChI=1S/C28H34ClN5O3/c1-5-37-27(35)11-20-21-15-32(16-22(20)21)28(36)23-12-25-30-24(29)13-26(34(25)31-23)33(14-17(2)3)18(4)19-9-7-6-8-10-19/h6-10,12-13,17-18,20-22H,5,11,14-16H2,1-4H3/t18-,20?,21+,22?/m0/s1. The van der Waals surface area contributed by atoms with Crippen LogP contribution in [0.15, 0.2) is 42.5 Å². The maximum atomic E-state index is 13.4. The first-order valence-corrected chi connectivity index (χ1v) is 13.5. The summed E-state index contributed by atoms with van der Waals surface area (Å²) in [5, 5.41) is 5.08. The molecule has 2 fully saturated rings. The minimum absolute atomic E-state index is 0.0654. The maximum Gasteiger partial charge on any atom is 0.306 e. The smallest absolute Gasteiger partial charge is 0.306 e. The third-order valence-electron chi connectivity index (χ3n) is 7.57. The second-order valence-corrected chi connectivity index (χ2v) is 11.0. The fraction of sp³-hybridized carbons (Fsp3) is 0.500. The molecule has 196 valence electrons. The molecule has 5 rings (SSSR count). The number of piperidine rings is 1. The van der Waals surface area contributed by atoms with E-state index in [1.165, 1.54) is 5.56 Å². The van der Waals surface area contributed by atoms with Crippen LogP contribution >= 0.6 is 11.6 Å². The highest BCUT2D eigenvalue weighted by atomic mass is 35.5. The first-order chi connectivity index (χ1) is 17.8. The quantitative estimate of drug-likeness (QED) is 0.294. The van der Waals surface area contributed by atoms with Gasteiger partial charge in [0.2, 0.25) is 0 Å². The lowest BCUT2D eigenvalue weighted by Crippen LogP contribution is -2.33. The van der Waals surface area contributed by atoms with Crippen molar-refractivity contribution in [3.8, 4) is 0 Å². The molecule has 3 heterocycles. The van der Waals surface area contributed by atoms with E-state index >= 15 is 0 Å². The molecule has 0 spiro atoms. The molecule has 9 heteroatoms. The Balaban J connectivity index is 1.39. The predicted octanol–water partition coefficient (Wildman–Crippen LogP) is 4.88. The molecule has 1 amide bonds. The monoisotopic (exact) mass is 523 g/mol. The van der Waals surface area contributed by atoms with Crippen LogP contribution in [0.1, 0.15) is 56.2 Å². The highest BCUT2D eigenvalue weighted by molar-refractivity contribution is 6.29. The molecule has 0 bridgehead atoms. The van der Waals surface area contributed by atoms with Crippen molar-refractivity contribution in [2.45, 2.75) is 40.2 Å². The summed E-state index contributed by atoms with van der Waals surface area (Å²) in [4.78, 5) is 33.8. The zero-order chi connectivity index (χ0) is 26.3. The molecule has 2 aliphatic rings. The Kier molecular flexibility index (Phi) is 7.12. The summed E-state index contributed by atoms with van der Waals surface area (Å²) in [6.45, 7) is 10.8. The third-order valence-corrected chi connectivity index (χ3v) is 7.76. The molecule has 8 nitrogen and oxygen atoms in total. The second kappa shape index (κ2) is 10.3. The van der Waals surface area contributed by atoms with E-state index in [4.69, 9.17) is 21.4 Å². The van der Waals surface area contributed by atoms with Crippen molar-refractivity contribution in [2.24, 2.45) is 23.7 Å². The SMILES string of the molecule is CCOC(=O)CC1C2CN(C(=O)c3cc4nc(Cl)cc(N(CC(C)C)[C@@H](C)c5ccccc5)n4n3)C[C@H]12. The predicted molar refractivity (Wildman–Crippen MR) is 143 cm³/mol. The lowest BCUT2D eigenvalue weighted by molar-refractivity contribution is -0.143. The molecular formula is C28H34ClN5O3. The Morgan fingerprint density at radius 2 is 1.84 bits per heavy atom. The van der Waals surface area contributed by atoms with Crippen LogP contribution in [-0.2, 0) is 9.53 Å². The molecule has 0 radical (unpaired) electrons. The summed E-state index contributed by atoms with van der Waals surface area (Å²) >= 11 is 6.46. The zero-order valence-electron chi connectivity index (χ0n) is 21.8. The molecule has 0 N–H and O–H groups in total. The van der Waals surface area contributed by atoms with E-state index in [9.17, 15) is 9.59 Å². The molecule has 3 aromatic rings. The maximum absolute atomic E-state index is 13.4. The van der Waals surface area contributed by atoms with E-state index in [0.717, 1.165) is 12.4 Å². The van der Waals surface area contributed by atoms with Crippen molar-refractivity contribution in [1.29, 1.82) is 0 Å². The Hall–Kier alpha value is -3.13. The van der Waals surface area contributed by atoms with E-state index in [0.29, 0.717) is 66.3 Å². The molecule has 1 saturated carbocycles. The van der Waals surface area contributed by atoms with Crippen LogP contribution < -0.4 is 4.90 Å². The number of amides is 1. The second-order valence-electron chi connectivity index (χ2n) is 10.6. The van der Waals surface area contributed by atoms with Gasteiger partial charge in [0.1, 0.15) is 11.0 Å². The molecule has 2 aromatic heterocycles. The van der Waals surface area contributed by atoms with Crippen LogP contribution in [0.25, 0.3) is 5.65 Å². The number of esters is 1. The Morgan fingerprint density at radius 1 is 1.14 bits per heavy atom. The third kappa shape index (κ3) is 5.17. The lowest BCUT2D eigenvalue weighted by Gasteiger charge is -2.33. The number of carbonyl (C=O) groups is 2. The number of hydrogen-bond donors (Lipinski definition) is 0. The lowest BCUT2D eigenvalue weighted by atomic mass is 10.1. The average Bonchev–Trinajstić information content (AvgIpc) is 3.20. The number of nitrogens with zero attached hydrogens (tertiary/aromatic N) is 5. The van der Waals surface area contributed by atoms with Crippen LogP contribution in [0.2, 0.25) is 5.15 Å². The number of hydrogen-bond acceptors (Lipinski definition) is 6. The number of aromatic nitrogens is 3. The van der Waals surface area contributed by atoms with Crippen LogP contribution in [0.3, 0.4) is 0 Å². The molecule has 2 unspecified atom stereocenters. The number of likely N-dealkylation sites (tertiary alicyclic amines) is 1. The van der Waals surface area contributed by atoms with E-state index < -0.39 is 0 Å². The highest BCUT2D eigenvalue weighted by Crippen LogP contribution is 2.53. The van der Waals surface area contributed by atoms with Crippen LogP contribution in [0.5, 0.6) is 0 Å². The van der Waals surface area contributed by atoms with Gasteiger partial charge < -0.3 is 14.5 Å². The van der Waals surface area contributed by atoms with Gasteiger partial charge in [-0.15, -0.1) is 0 Å². The van der Waals surface area contributed by atoms with Crippen molar-refractivity contribution in [2.75, 3.05) is 31.1 Å². The van der Waals surface area contributed by atoms with Gasteiger partial charge >= 0.3 is 5.97 Å². The van der Waals surface area contributed by atoms with Gasteiger partial charge in [0.05, 0.1) is 12.6 Å². The van der Waals surface area contributed by atoms with Gasteiger partial charge in [-0.3, -0.25) is 9.59 Å². The van der Waals surface area contributed by atoms with Crippen molar-refractivity contribution in [3.63, 3.8) is 0 Å². The summed E-state index contributed by atoms with van der Waals surface area (Å²) in [7, 11) is 0. The highest BCUT2D eigenvalue weighted by Gasteiger charge is 2.57. The van der Waals surface area contributed by atoms with Crippen molar-refractivity contribution >= 4 is 34.9 Å². The van der Waals surface area contributed by atoms with Crippen LogP contribution in [0.4, 0.5) is 5.82 Å². The summed E-state index contributed by atoms with van der Waals surface area (Å²) in [6, 6.07) is 13.9. The Labute approximate surface area is 222 Å². The van der Waals surface area contributed by atoms with Gasteiger partial charge in [0, 0.05) is 38.2 Å². The van der Waals surface area contributed by atoms with E-state index in [1.807, 2.05) is 36.1 Å². The van der Waals surface area contributed by atoms with E-state index in [2.05, 4.69) is 42.8 Å². The van der Waals surface area contributed by atoms with Gasteiger partial charge in [-0.25, -0.2) is 4.98 Å². The van der Waals surface area contributed by atoms with Gasteiger partial charge in [-0.2, -0.15) is 9.61 Å². The minimum atomic E-state index is -0.147. The first-order valence-electron chi connectivity index (χ1n) is 13.1. The number of rotatable bonds is 9. The van der Waals surface area contributed by atoms with Crippen molar-refractivity contribution in [1.82, 2.24) is 19.5 Å². The van der Waals surface area contributed by atoms with Gasteiger partial charge in [-0.1, -0.05) is 55.8 Å². The Bertz CT molecular complexity index is 1280. The number of halogens is 1. The van der Waals surface area contributed by atoms with E-state index in [-0.39, 0.29) is 17.9 Å². The molecule has 1 aliphatic carbocycles. The zero-order valence-corrected chi connectivity index (χ0v) is 22.6. The van der Waals surface area contributed by atoms with Crippen LogP contribution in [0, 0.1) is 23.7 Å². The number of benzene rings is 1. The van der Waals surface area contributed by atoms with Crippen molar-refractivity contribution in [3.05, 3.63) is 58.9 Å². The van der Waals surface area contributed by atoms with Gasteiger partial charge in [0.15, 0.2) is 11.3 Å². The normalized spacial score (nSPS) is 21.2. The van der Waals surface area contributed by atoms with E-state index in [1.54, 1.807) is 10.6 Å². The summed E-state index contributed by atoms with van der Waals surface area (Å²) in [5.74, 6) is 1.98. The minimum Gasteiger partial charge on any atom is -0.466 e. The first kappa shape index (κ1) is 25.5. The number of ether oxygens (including phenoxy) is 1. The molecule has 1 aliphatic heterocycles. The molecule has 1 aromatic carbocycles. The molecule has 4 atom stereocenters. The molecule has 1 saturated heterocycles.